The van der Waals surface area contributed by atoms with Crippen LogP contribution in [0, 0.1) is 6.92 Å². The summed E-state index contributed by atoms with van der Waals surface area (Å²) in [6.07, 6.45) is 0.903. The summed E-state index contributed by atoms with van der Waals surface area (Å²) in [7, 11) is 0. The van der Waals surface area contributed by atoms with Crippen LogP contribution in [-0.2, 0) is 0 Å². The summed E-state index contributed by atoms with van der Waals surface area (Å²) in [6, 6.07) is 0.335. The fourth-order valence-corrected chi connectivity index (χ4v) is 2.94. The van der Waals surface area contributed by atoms with Crippen LogP contribution in [0.2, 0.25) is 0 Å². The van der Waals surface area contributed by atoms with Crippen LogP contribution >= 0.6 is 23.1 Å². The highest BCUT2D eigenvalue weighted by Gasteiger charge is 2.11. The average Bonchev–Trinajstić information content (AvgIpc) is 2.82. The van der Waals surface area contributed by atoms with E-state index in [-0.39, 0.29) is 0 Å². The van der Waals surface area contributed by atoms with Crippen molar-refractivity contribution in [1.29, 1.82) is 0 Å². The minimum Gasteiger partial charge on any atom is -0.463 e. The van der Waals surface area contributed by atoms with E-state index in [1.54, 1.807) is 0 Å². The Morgan fingerprint density at radius 1 is 1.20 bits per heavy atom. The van der Waals surface area contributed by atoms with Gasteiger partial charge < -0.3 is 10.1 Å². The molecule has 2 aromatic heterocycles. The van der Waals surface area contributed by atoms with Crippen LogP contribution in [0.25, 0.3) is 0 Å². The van der Waals surface area contributed by atoms with Crippen LogP contribution in [0.3, 0.4) is 0 Å². The number of ether oxygens (including phenoxy) is 1. The molecule has 0 aliphatic rings. The predicted molar refractivity (Wildman–Crippen MR) is 78.5 cm³/mol. The van der Waals surface area contributed by atoms with Gasteiger partial charge in [0.05, 0.1) is 6.61 Å². The monoisotopic (exact) mass is 312 g/mol. The zero-order chi connectivity index (χ0) is 14.4. The van der Waals surface area contributed by atoms with Gasteiger partial charge in [0.2, 0.25) is 11.1 Å². The SMILES string of the molecule is CCCOc1nc(NCC)nc(Sc2nnc(C)s2)n1. The van der Waals surface area contributed by atoms with Crippen molar-refractivity contribution in [3.8, 4) is 6.01 Å². The maximum atomic E-state index is 5.48. The highest BCUT2D eigenvalue weighted by Crippen LogP contribution is 2.28. The topological polar surface area (TPSA) is 85.7 Å². The zero-order valence-corrected chi connectivity index (χ0v) is 13.2. The van der Waals surface area contributed by atoms with E-state index in [4.69, 9.17) is 4.74 Å². The van der Waals surface area contributed by atoms with Crippen LogP contribution in [0.5, 0.6) is 6.01 Å². The summed E-state index contributed by atoms with van der Waals surface area (Å²) in [5.41, 5.74) is 0. The van der Waals surface area contributed by atoms with Crippen molar-refractivity contribution in [2.75, 3.05) is 18.5 Å². The predicted octanol–water partition coefficient (Wildman–Crippen LogP) is 2.40. The largest absolute Gasteiger partial charge is 0.463 e. The first-order chi connectivity index (χ1) is 9.71. The van der Waals surface area contributed by atoms with Crippen LogP contribution in [0.1, 0.15) is 25.3 Å². The molecule has 0 radical (unpaired) electrons. The van der Waals surface area contributed by atoms with Gasteiger partial charge in [0.15, 0.2) is 4.34 Å². The van der Waals surface area contributed by atoms with Crippen molar-refractivity contribution < 1.29 is 4.74 Å². The Morgan fingerprint density at radius 2 is 2.05 bits per heavy atom. The Hall–Kier alpha value is -1.48. The number of nitrogens with zero attached hydrogens (tertiary/aromatic N) is 5. The third-order valence-electron chi connectivity index (χ3n) is 2.05. The number of hydrogen-bond acceptors (Lipinski definition) is 9. The normalized spacial score (nSPS) is 10.6. The van der Waals surface area contributed by atoms with E-state index in [2.05, 4.69) is 30.5 Å². The molecule has 20 heavy (non-hydrogen) atoms. The van der Waals surface area contributed by atoms with Gasteiger partial charge in [0, 0.05) is 6.54 Å². The van der Waals surface area contributed by atoms with Gasteiger partial charge in [-0.05, 0) is 32.0 Å². The lowest BCUT2D eigenvalue weighted by Gasteiger charge is -2.07. The van der Waals surface area contributed by atoms with Crippen molar-refractivity contribution in [3.63, 3.8) is 0 Å². The lowest BCUT2D eigenvalue weighted by atomic mass is 10.5. The highest BCUT2D eigenvalue weighted by atomic mass is 32.2. The molecule has 0 bridgehead atoms. The van der Waals surface area contributed by atoms with E-state index >= 15 is 0 Å². The van der Waals surface area contributed by atoms with E-state index < -0.39 is 0 Å². The number of anilines is 1. The first-order valence-electron chi connectivity index (χ1n) is 6.32. The fourth-order valence-electron chi connectivity index (χ4n) is 1.28. The van der Waals surface area contributed by atoms with Gasteiger partial charge in [0.1, 0.15) is 5.01 Å². The summed E-state index contributed by atoms with van der Waals surface area (Å²) in [6.45, 7) is 7.25. The highest BCUT2D eigenvalue weighted by molar-refractivity contribution is 8.00. The second-order valence-electron chi connectivity index (χ2n) is 3.79. The molecule has 0 aliphatic carbocycles. The second-order valence-corrected chi connectivity index (χ2v) is 6.19. The summed E-state index contributed by atoms with van der Waals surface area (Å²) < 4.78 is 6.28. The molecule has 2 aromatic rings. The second kappa shape index (κ2) is 7.34. The summed E-state index contributed by atoms with van der Waals surface area (Å²) >= 11 is 2.86. The number of aryl methyl sites for hydroxylation is 1. The first kappa shape index (κ1) is 14.9. The van der Waals surface area contributed by atoms with Crippen LogP contribution in [0.4, 0.5) is 5.95 Å². The number of aromatic nitrogens is 5. The van der Waals surface area contributed by atoms with Gasteiger partial charge in [-0.2, -0.15) is 15.0 Å². The number of rotatable bonds is 7. The van der Waals surface area contributed by atoms with Crippen molar-refractivity contribution in [2.24, 2.45) is 0 Å². The standard InChI is InChI=1S/C11H16N6OS2/c1-4-6-18-9-13-8(12-5-2)14-10(15-9)20-11-17-16-7(3)19-11/h4-6H2,1-3H3,(H,12,13,14,15). The van der Waals surface area contributed by atoms with Gasteiger partial charge in [0.25, 0.3) is 0 Å². The third kappa shape index (κ3) is 4.27. The van der Waals surface area contributed by atoms with Gasteiger partial charge in [-0.15, -0.1) is 10.2 Å². The fraction of sp³-hybridized carbons (Fsp3) is 0.545. The van der Waals surface area contributed by atoms with E-state index in [0.717, 1.165) is 22.3 Å². The van der Waals surface area contributed by atoms with Crippen LogP contribution in [0.15, 0.2) is 9.50 Å². The van der Waals surface area contributed by atoms with Gasteiger partial charge in [-0.3, -0.25) is 0 Å². The third-order valence-corrected chi connectivity index (χ3v) is 3.81. The minimum atomic E-state index is 0.335. The first-order valence-corrected chi connectivity index (χ1v) is 7.95. The molecule has 2 rings (SSSR count). The molecular weight excluding hydrogens is 296 g/mol. The summed E-state index contributed by atoms with van der Waals surface area (Å²) in [5, 5.41) is 12.6. The number of hydrogen-bond donors (Lipinski definition) is 1. The molecule has 0 amide bonds. The maximum Gasteiger partial charge on any atom is 0.322 e. The Balaban J connectivity index is 2.18. The molecule has 0 saturated carbocycles. The average molecular weight is 312 g/mol. The van der Waals surface area contributed by atoms with Crippen LogP contribution < -0.4 is 10.1 Å². The van der Waals surface area contributed by atoms with Crippen molar-refractivity contribution in [1.82, 2.24) is 25.1 Å². The summed E-state index contributed by atoms with van der Waals surface area (Å²) in [4.78, 5) is 12.8. The molecule has 7 nitrogen and oxygen atoms in total. The van der Waals surface area contributed by atoms with Crippen molar-refractivity contribution in [2.45, 2.75) is 36.7 Å². The molecule has 108 valence electrons. The molecular formula is C11H16N6OS2. The molecule has 0 aromatic carbocycles. The lowest BCUT2D eigenvalue weighted by molar-refractivity contribution is 0.288. The van der Waals surface area contributed by atoms with Gasteiger partial charge in [-0.25, -0.2) is 0 Å². The molecule has 0 saturated heterocycles. The Bertz CT molecular complexity index is 562. The van der Waals surface area contributed by atoms with E-state index in [0.29, 0.717) is 23.7 Å². The minimum absolute atomic E-state index is 0.335. The van der Waals surface area contributed by atoms with E-state index in [9.17, 15) is 0 Å². The molecule has 0 unspecified atom stereocenters. The maximum absolute atomic E-state index is 5.48. The molecule has 0 atom stereocenters. The Kier molecular flexibility index (Phi) is 5.48. The molecule has 0 spiro atoms. The van der Waals surface area contributed by atoms with Gasteiger partial charge >= 0.3 is 6.01 Å². The molecule has 2 heterocycles. The lowest BCUT2D eigenvalue weighted by Crippen LogP contribution is -2.07. The molecule has 9 heteroatoms. The Morgan fingerprint density at radius 3 is 2.70 bits per heavy atom. The van der Waals surface area contributed by atoms with Crippen molar-refractivity contribution >= 4 is 29.0 Å². The number of nitrogens with one attached hydrogen (secondary N) is 1. The van der Waals surface area contributed by atoms with Crippen molar-refractivity contribution in [3.05, 3.63) is 5.01 Å². The van der Waals surface area contributed by atoms with E-state index in [1.807, 2.05) is 20.8 Å². The quantitative estimate of drug-likeness (QED) is 0.834. The summed E-state index contributed by atoms with van der Waals surface area (Å²) in [5.74, 6) is 0.511. The zero-order valence-electron chi connectivity index (χ0n) is 11.6. The Labute approximate surface area is 125 Å². The van der Waals surface area contributed by atoms with Gasteiger partial charge in [-0.1, -0.05) is 18.3 Å². The molecule has 0 fully saturated rings. The smallest absolute Gasteiger partial charge is 0.322 e. The molecule has 0 aliphatic heterocycles. The van der Waals surface area contributed by atoms with Crippen LogP contribution in [-0.4, -0.2) is 38.3 Å². The molecule has 1 N–H and O–H groups in total. The van der Waals surface area contributed by atoms with E-state index in [1.165, 1.54) is 23.1 Å².